The number of hydrogen-bond donors (Lipinski definition) is 1. The van der Waals surface area contributed by atoms with Crippen molar-refractivity contribution in [2.75, 3.05) is 11.9 Å². The van der Waals surface area contributed by atoms with Gasteiger partial charge in [0.25, 0.3) is 0 Å². The fourth-order valence-corrected chi connectivity index (χ4v) is 2.30. The zero-order valence-electron chi connectivity index (χ0n) is 11.9. The summed E-state index contributed by atoms with van der Waals surface area (Å²) in [5.74, 6) is 1.19. The van der Waals surface area contributed by atoms with E-state index in [2.05, 4.69) is 50.3 Å². The molecule has 1 aromatic carbocycles. The fourth-order valence-electron chi connectivity index (χ4n) is 1.88. The van der Waals surface area contributed by atoms with Crippen molar-refractivity contribution in [2.45, 2.75) is 26.8 Å². The monoisotopic (exact) mass is 335 g/mol. The molecule has 0 aliphatic rings. The zero-order chi connectivity index (χ0) is 14.5. The molecule has 0 aliphatic carbocycles. The molecule has 1 aromatic heterocycles. The van der Waals surface area contributed by atoms with Crippen molar-refractivity contribution >= 4 is 21.9 Å². The van der Waals surface area contributed by atoms with E-state index in [9.17, 15) is 0 Å². The third-order valence-corrected chi connectivity index (χ3v) is 3.31. The van der Waals surface area contributed by atoms with E-state index < -0.39 is 0 Å². The third kappa shape index (κ3) is 3.93. The van der Waals surface area contributed by atoms with Crippen molar-refractivity contribution in [3.8, 4) is 5.88 Å². The van der Waals surface area contributed by atoms with Crippen LogP contribution in [-0.2, 0) is 0 Å². The Balaban J connectivity index is 2.16. The Kier molecular flexibility index (Phi) is 4.95. The number of nitrogens with one attached hydrogen (secondary N) is 1. The highest BCUT2D eigenvalue weighted by Crippen LogP contribution is 2.21. The predicted molar refractivity (Wildman–Crippen MR) is 84.1 cm³/mol. The van der Waals surface area contributed by atoms with Gasteiger partial charge < -0.3 is 10.1 Å². The maximum Gasteiger partial charge on any atom is 0.226 e. The number of anilines is 1. The van der Waals surface area contributed by atoms with Gasteiger partial charge in [-0.2, -0.15) is 4.98 Å². The van der Waals surface area contributed by atoms with Gasteiger partial charge >= 0.3 is 0 Å². The average molecular weight is 336 g/mol. The Morgan fingerprint density at radius 3 is 2.80 bits per heavy atom. The largest absolute Gasteiger partial charge is 0.478 e. The molecule has 5 heteroatoms. The smallest absolute Gasteiger partial charge is 0.226 e. The van der Waals surface area contributed by atoms with E-state index in [0.717, 1.165) is 10.2 Å². The number of aromatic nitrogens is 2. The molecule has 0 amide bonds. The van der Waals surface area contributed by atoms with Crippen LogP contribution in [0.4, 0.5) is 5.95 Å². The van der Waals surface area contributed by atoms with E-state index >= 15 is 0 Å². The van der Waals surface area contributed by atoms with Crippen LogP contribution in [0.15, 0.2) is 34.8 Å². The van der Waals surface area contributed by atoms with Crippen LogP contribution in [-0.4, -0.2) is 16.6 Å². The minimum absolute atomic E-state index is 0.115. The molecule has 4 nitrogen and oxygen atoms in total. The second-order valence-corrected chi connectivity index (χ2v) is 5.44. The van der Waals surface area contributed by atoms with Crippen molar-refractivity contribution in [2.24, 2.45) is 0 Å². The third-order valence-electron chi connectivity index (χ3n) is 2.82. The molecule has 0 saturated heterocycles. The molecule has 1 unspecified atom stereocenters. The minimum Gasteiger partial charge on any atom is -0.478 e. The summed E-state index contributed by atoms with van der Waals surface area (Å²) >= 11 is 3.48. The first-order chi connectivity index (χ1) is 9.58. The van der Waals surface area contributed by atoms with Crippen molar-refractivity contribution < 1.29 is 4.74 Å². The summed E-state index contributed by atoms with van der Waals surface area (Å²) in [6, 6.07) is 10.1. The summed E-state index contributed by atoms with van der Waals surface area (Å²) in [5, 5.41) is 3.30. The number of rotatable bonds is 5. The molecule has 1 heterocycles. The number of halogens is 1. The minimum atomic E-state index is 0.115. The van der Waals surface area contributed by atoms with Crippen molar-refractivity contribution in [3.63, 3.8) is 0 Å². The number of benzene rings is 1. The van der Waals surface area contributed by atoms with Crippen LogP contribution >= 0.6 is 15.9 Å². The standard InChI is InChI=1S/C15H18BrN3O/c1-4-20-14-8-10(2)17-15(19-14)18-11(3)12-6-5-7-13(16)9-12/h5-9,11H,4H2,1-3H3,(H,17,18,19). The molecule has 0 aliphatic heterocycles. The first-order valence-electron chi connectivity index (χ1n) is 6.59. The molecule has 0 radical (unpaired) electrons. The molecule has 2 aromatic rings. The summed E-state index contributed by atoms with van der Waals surface area (Å²) in [7, 11) is 0. The average Bonchev–Trinajstić information content (AvgIpc) is 2.38. The van der Waals surface area contributed by atoms with Crippen molar-refractivity contribution in [1.29, 1.82) is 0 Å². The van der Waals surface area contributed by atoms with Crippen LogP contribution in [0.1, 0.15) is 31.1 Å². The van der Waals surface area contributed by atoms with Crippen LogP contribution in [0.2, 0.25) is 0 Å². The quantitative estimate of drug-likeness (QED) is 0.892. The first-order valence-corrected chi connectivity index (χ1v) is 7.38. The summed E-state index contributed by atoms with van der Waals surface area (Å²) in [6.45, 7) is 6.54. The second-order valence-electron chi connectivity index (χ2n) is 4.53. The Labute approximate surface area is 127 Å². The maximum absolute atomic E-state index is 5.44. The molecule has 20 heavy (non-hydrogen) atoms. The number of ether oxygens (including phenoxy) is 1. The van der Waals surface area contributed by atoms with Crippen LogP contribution in [0.25, 0.3) is 0 Å². The fraction of sp³-hybridized carbons (Fsp3) is 0.333. The van der Waals surface area contributed by atoms with Gasteiger partial charge in [-0.25, -0.2) is 4.98 Å². The lowest BCUT2D eigenvalue weighted by molar-refractivity contribution is 0.326. The molecule has 0 bridgehead atoms. The Morgan fingerprint density at radius 2 is 2.10 bits per heavy atom. The van der Waals surface area contributed by atoms with E-state index in [1.54, 1.807) is 0 Å². The highest BCUT2D eigenvalue weighted by molar-refractivity contribution is 9.10. The van der Waals surface area contributed by atoms with Gasteiger partial charge in [0, 0.05) is 16.2 Å². The van der Waals surface area contributed by atoms with Crippen molar-refractivity contribution in [1.82, 2.24) is 9.97 Å². The lowest BCUT2D eigenvalue weighted by Gasteiger charge is -2.15. The number of aryl methyl sites for hydroxylation is 1. The molecule has 2 rings (SSSR count). The van der Waals surface area contributed by atoms with Crippen molar-refractivity contribution in [3.05, 3.63) is 46.1 Å². The lowest BCUT2D eigenvalue weighted by atomic mass is 10.1. The molecule has 0 saturated carbocycles. The molecular weight excluding hydrogens is 318 g/mol. The lowest BCUT2D eigenvalue weighted by Crippen LogP contribution is -2.10. The summed E-state index contributed by atoms with van der Waals surface area (Å²) in [6.07, 6.45) is 0. The van der Waals surface area contributed by atoms with Gasteiger partial charge in [-0.15, -0.1) is 0 Å². The van der Waals surface area contributed by atoms with E-state index in [1.165, 1.54) is 5.56 Å². The zero-order valence-corrected chi connectivity index (χ0v) is 13.4. The van der Waals surface area contributed by atoms with Gasteiger partial charge in [-0.05, 0) is 38.5 Å². The van der Waals surface area contributed by atoms with Gasteiger partial charge in [-0.3, -0.25) is 0 Å². The highest BCUT2D eigenvalue weighted by Gasteiger charge is 2.09. The molecule has 0 fully saturated rings. The van der Waals surface area contributed by atoms with Gasteiger partial charge in [0.15, 0.2) is 0 Å². The van der Waals surface area contributed by atoms with Crippen LogP contribution in [0.5, 0.6) is 5.88 Å². The van der Waals surface area contributed by atoms with Gasteiger partial charge in [0.2, 0.25) is 11.8 Å². The Hall–Kier alpha value is -1.62. The van der Waals surface area contributed by atoms with E-state index in [1.807, 2.05) is 32.0 Å². The molecular formula is C15H18BrN3O. The van der Waals surface area contributed by atoms with E-state index in [0.29, 0.717) is 18.4 Å². The normalized spacial score (nSPS) is 12.0. The van der Waals surface area contributed by atoms with Gasteiger partial charge in [-0.1, -0.05) is 28.1 Å². The van der Waals surface area contributed by atoms with Crippen LogP contribution < -0.4 is 10.1 Å². The SMILES string of the molecule is CCOc1cc(C)nc(NC(C)c2cccc(Br)c2)n1. The van der Waals surface area contributed by atoms with Gasteiger partial charge in [0.1, 0.15) is 0 Å². The number of hydrogen-bond acceptors (Lipinski definition) is 4. The first kappa shape index (κ1) is 14.8. The van der Waals surface area contributed by atoms with E-state index in [-0.39, 0.29) is 6.04 Å². The summed E-state index contributed by atoms with van der Waals surface area (Å²) in [4.78, 5) is 8.75. The second kappa shape index (κ2) is 6.70. The molecule has 1 atom stereocenters. The topological polar surface area (TPSA) is 47.0 Å². The molecule has 1 N–H and O–H groups in total. The van der Waals surface area contributed by atoms with E-state index in [4.69, 9.17) is 4.74 Å². The van der Waals surface area contributed by atoms with Crippen LogP contribution in [0.3, 0.4) is 0 Å². The maximum atomic E-state index is 5.44. The molecule has 0 spiro atoms. The predicted octanol–water partition coefficient (Wildman–Crippen LogP) is 4.12. The Morgan fingerprint density at radius 1 is 1.30 bits per heavy atom. The summed E-state index contributed by atoms with van der Waals surface area (Å²) in [5.41, 5.74) is 2.05. The Bertz CT molecular complexity index is 589. The molecule has 106 valence electrons. The summed E-state index contributed by atoms with van der Waals surface area (Å²) < 4.78 is 6.49. The number of nitrogens with zero attached hydrogens (tertiary/aromatic N) is 2. The van der Waals surface area contributed by atoms with Crippen LogP contribution in [0, 0.1) is 6.92 Å². The highest BCUT2D eigenvalue weighted by atomic mass is 79.9. The van der Waals surface area contributed by atoms with Gasteiger partial charge in [0.05, 0.1) is 12.6 Å².